The van der Waals surface area contributed by atoms with Crippen molar-refractivity contribution in [1.82, 2.24) is 0 Å². The van der Waals surface area contributed by atoms with Crippen LogP contribution in [-0.2, 0) is 4.74 Å². The van der Waals surface area contributed by atoms with E-state index in [1.54, 1.807) is 5.57 Å². The van der Waals surface area contributed by atoms with E-state index in [4.69, 9.17) is 4.74 Å². The Morgan fingerprint density at radius 2 is 2.00 bits per heavy atom. The molecule has 0 N–H and O–H groups in total. The summed E-state index contributed by atoms with van der Waals surface area (Å²) in [6.07, 6.45) is 12.9. The zero-order valence-electron chi connectivity index (χ0n) is 13.6. The predicted molar refractivity (Wildman–Crippen MR) is 82.6 cm³/mol. The molecule has 0 heterocycles. The zero-order valence-corrected chi connectivity index (χ0v) is 13.6. The first kappa shape index (κ1) is 13.4. The molecule has 4 rings (SSSR count). The zero-order chi connectivity index (χ0) is 14.0. The van der Waals surface area contributed by atoms with Crippen molar-refractivity contribution in [3.8, 4) is 0 Å². The number of rotatable bonds is 2. The van der Waals surface area contributed by atoms with Gasteiger partial charge >= 0.3 is 0 Å². The predicted octanol–water partition coefficient (Wildman–Crippen LogP) is 5.11. The van der Waals surface area contributed by atoms with Crippen molar-refractivity contribution in [2.75, 3.05) is 13.7 Å². The minimum Gasteiger partial charge on any atom is -0.384 e. The lowest BCUT2D eigenvalue weighted by Crippen LogP contribution is -2.53. The van der Waals surface area contributed by atoms with Crippen LogP contribution in [-0.4, -0.2) is 13.7 Å². The molecule has 4 aliphatic rings. The summed E-state index contributed by atoms with van der Waals surface area (Å²) >= 11 is 0. The Hall–Kier alpha value is -0.300. The van der Waals surface area contributed by atoms with E-state index in [0.29, 0.717) is 16.2 Å². The van der Waals surface area contributed by atoms with Gasteiger partial charge in [0, 0.05) is 17.9 Å². The number of methoxy groups -OCH3 is 1. The molecular weight excluding hydrogens is 244 g/mol. The third-order valence-electron chi connectivity index (χ3n) is 8.19. The van der Waals surface area contributed by atoms with Crippen LogP contribution in [0.2, 0.25) is 0 Å². The number of hydrogen-bond acceptors (Lipinski definition) is 1. The Morgan fingerprint density at radius 1 is 1.15 bits per heavy atom. The smallest absolute Gasteiger partial charge is 0.0527 e. The first-order chi connectivity index (χ1) is 9.60. The van der Waals surface area contributed by atoms with Crippen LogP contribution in [0.1, 0.15) is 71.6 Å². The van der Waals surface area contributed by atoms with E-state index in [1.807, 2.05) is 12.7 Å². The average Bonchev–Trinajstić information content (AvgIpc) is 2.73. The fourth-order valence-electron chi connectivity index (χ4n) is 7.26. The highest BCUT2D eigenvalue weighted by Gasteiger charge is 2.72. The molecule has 0 radical (unpaired) electrons. The van der Waals surface area contributed by atoms with Crippen molar-refractivity contribution in [3.63, 3.8) is 0 Å². The van der Waals surface area contributed by atoms with Gasteiger partial charge in [-0.3, -0.25) is 0 Å². The largest absolute Gasteiger partial charge is 0.384 e. The van der Waals surface area contributed by atoms with Gasteiger partial charge in [0.25, 0.3) is 0 Å². The van der Waals surface area contributed by atoms with Gasteiger partial charge in [0.15, 0.2) is 0 Å². The van der Waals surface area contributed by atoms with Gasteiger partial charge in [0.05, 0.1) is 6.61 Å². The summed E-state index contributed by atoms with van der Waals surface area (Å²) in [6, 6.07) is 0. The molecule has 0 aromatic rings. The summed E-state index contributed by atoms with van der Waals surface area (Å²) in [5.74, 6) is 0.981. The van der Waals surface area contributed by atoms with Gasteiger partial charge in [0.1, 0.15) is 0 Å². The summed E-state index contributed by atoms with van der Waals surface area (Å²) in [5.41, 5.74) is 5.21. The summed E-state index contributed by atoms with van der Waals surface area (Å²) in [7, 11) is 1.92. The Morgan fingerprint density at radius 3 is 2.80 bits per heavy atom. The van der Waals surface area contributed by atoms with Gasteiger partial charge in [-0.05, 0) is 63.2 Å². The molecule has 0 aromatic carbocycles. The summed E-state index contributed by atoms with van der Waals surface area (Å²) in [6.45, 7) is 6.09. The maximum Gasteiger partial charge on any atom is 0.0527 e. The Labute approximate surface area is 124 Å². The molecular formula is C19H30O. The van der Waals surface area contributed by atoms with Gasteiger partial charge < -0.3 is 4.74 Å². The monoisotopic (exact) mass is 274 g/mol. The minimum absolute atomic E-state index is 0.458. The van der Waals surface area contributed by atoms with Crippen LogP contribution < -0.4 is 0 Å². The standard InChI is InChI=1S/C19H30O/c1-14-7-11-19-15-6-4-5-9-17(19,2)18(10-8-15,13-20-3)12-16(14)19/h15H,4-13H2,1-3H3/t15-,17+,18+,19-/m1/s1. The van der Waals surface area contributed by atoms with Gasteiger partial charge in [0.2, 0.25) is 0 Å². The molecule has 0 aliphatic heterocycles. The third kappa shape index (κ3) is 1.26. The SMILES string of the molecule is COC[C@@]12CC[C@H]3CCCC[C@]1(C)[C@]31CCC(C)=C1C2. The molecule has 4 aliphatic carbocycles. The van der Waals surface area contributed by atoms with E-state index < -0.39 is 0 Å². The molecule has 1 spiro atoms. The first-order valence-electron chi connectivity index (χ1n) is 8.78. The molecule has 0 aromatic heterocycles. The Balaban J connectivity index is 1.93. The highest BCUT2D eigenvalue weighted by atomic mass is 16.5. The molecule has 112 valence electrons. The van der Waals surface area contributed by atoms with Gasteiger partial charge in [-0.15, -0.1) is 0 Å². The topological polar surface area (TPSA) is 9.23 Å². The normalized spacial score (nSPS) is 50.2. The lowest BCUT2D eigenvalue weighted by molar-refractivity contribution is -0.117. The first-order valence-corrected chi connectivity index (χ1v) is 8.78. The molecule has 1 heteroatoms. The number of ether oxygens (including phenoxy) is 1. The van der Waals surface area contributed by atoms with E-state index in [2.05, 4.69) is 13.8 Å². The number of hydrogen-bond donors (Lipinski definition) is 0. The second-order valence-electron chi connectivity index (χ2n) is 8.43. The second-order valence-corrected chi connectivity index (χ2v) is 8.43. The lowest BCUT2D eigenvalue weighted by Gasteiger charge is -2.58. The fourth-order valence-corrected chi connectivity index (χ4v) is 7.26. The van der Waals surface area contributed by atoms with Crippen LogP contribution in [0, 0.1) is 22.2 Å². The summed E-state index contributed by atoms with van der Waals surface area (Å²) < 4.78 is 5.77. The molecule has 3 saturated carbocycles. The van der Waals surface area contributed by atoms with Crippen LogP contribution in [0.4, 0.5) is 0 Å². The molecule has 4 atom stereocenters. The van der Waals surface area contributed by atoms with Crippen LogP contribution in [0.25, 0.3) is 0 Å². The van der Waals surface area contributed by atoms with E-state index in [-0.39, 0.29) is 0 Å². The van der Waals surface area contributed by atoms with Crippen molar-refractivity contribution in [1.29, 1.82) is 0 Å². The minimum atomic E-state index is 0.458. The second kappa shape index (κ2) is 4.12. The van der Waals surface area contributed by atoms with Crippen molar-refractivity contribution >= 4 is 0 Å². The Bertz CT molecular complexity index is 464. The van der Waals surface area contributed by atoms with E-state index in [0.717, 1.165) is 12.5 Å². The molecule has 0 amide bonds. The van der Waals surface area contributed by atoms with Crippen molar-refractivity contribution in [2.45, 2.75) is 71.6 Å². The van der Waals surface area contributed by atoms with Crippen LogP contribution in [0.5, 0.6) is 0 Å². The van der Waals surface area contributed by atoms with Crippen molar-refractivity contribution < 1.29 is 4.74 Å². The highest BCUT2D eigenvalue weighted by molar-refractivity contribution is 5.41. The van der Waals surface area contributed by atoms with E-state index in [9.17, 15) is 0 Å². The average molecular weight is 274 g/mol. The molecule has 4 bridgehead atoms. The molecule has 20 heavy (non-hydrogen) atoms. The molecule has 1 nitrogen and oxygen atoms in total. The third-order valence-corrected chi connectivity index (χ3v) is 8.19. The van der Waals surface area contributed by atoms with Crippen molar-refractivity contribution in [2.24, 2.45) is 22.2 Å². The summed E-state index contributed by atoms with van der Waals surface area (Å²) in [5, 5.41) is 0. The highest BCUT2D eigenvalue weighted by Crippen LogP contribution is 2.80. The van der Waals surface area contributed by atoms with Crippen LogP contribution >= 0.6 is 0 Å². The van der Waals surface area contributed by atoms with Gasteiger partial charge in [-0.2, -0.15) is 0 Å². The maximum atomic E-state index is 5.77. The van der Waals surface area contributed by atoms with Gasteiger partial charge in [-0.1, -0.05) is 30.9 Å². The van der Waals surface area contributed by atoms with Gasteiger partial charge in [-0.25, -0.2) is 0 Å². The molecule has 0 unspecified atom stereocenters. The molecule has 3 fully saturated rings. The molecule has 0 saturated heterocycles. The lowest BCUT2D eigenvalue weighted by atomic mass is 9.46. The van der Waals surface area contributed by atoms with Crippen molar-refractivity contribution in [3.05, 3.63) is 11.1 Å². The Kier molecular flexibility index (Phi) is 2.76. The maximum absolute atomic E-state index is 5.77. The van der Waals surface area contributed by atoms with E-state index in [1.165, 1.54) is 57.8 Å². The van der Waals surface area contributed by atoms with Crippen LogP contribution in [0.15, 0.2) is 11.1 Å². The van der Waals surface area contributed by atoms with E-state index >= 15 is 0 Å². The summed E-state index contributed by atoms with van der Waals surface area (Å²) in [4.78, 5) is 0. The quantitative estimate of drug-likeness (QED) is 0.636. The fraction of sp³-hybridized carbons (Fsp3) is 0.895. The number of allylic oxidation sites excluding steroid dienone is 2. The van der Waals surface area contributed by atoms with Crippen LogP contribution in [0.3, 0.4) is 0 Å².